The van der Waals surface area contributed by atoms with Crippen LogP contribution in [-0.2, 0) is 9.59 Å². The zero-order valence-corrected chi connectivity index (χ0v) is 18.5. The van der Waals surface area contributed by atoms with Crippen LogP contribution in [-0.4, -0.2) is 34.7 Å². The number of carbonyl (C=O) groups is 2. The molecule has 0 bridgehead atoms. The standard InChI is InChI=1S/C24H34ClFN2O2/c25-17-22(29)28(21-11-7-2-1-3-8-12-21)23(18-13-15-19(26)16-14-18)24(30)27-20-9-5-4-6-10-20/h13-16,20-21,23H,1-12,17H2,(H,27,30)/t23-/m1/s1. The van der Waals surface area contributed by atoms with Crippen molar-refractivity contribution in [2.75, 3.05) is 5.88 Å². The van der Waals surface area contributed by atoms with Crippen molar-refractivity contribution in [3.8, 4) is 0 Å². The van der Waals surface area contributed by atoms with Crippen molar-refractivity contribution in [1.29, 1.82) is 0 Å². The number of alkyl halides is 1. The van der Waals surface area contributed by atoms with E-state index in [1.807, 2.05) is 0 Å². The van der Waals surface area contributed by atoms with Gasteiger partial charge in [-0.05, 0) is 43.4 Å². The Kier molecular flexibility index (Phi) is 8.98. The van der Waals surface area contributed by atoms with Crippen LogP contribution in [0.5, 0.6) is 0 Å². The van der Waals surface area contributed by atoms with Crippen molar-refractivity contribution in [2.45, 2.75) is 95.2 Å². The third-order valence-corrected chi connectivity index (χ3v) is 6.76. The normalized spacial score (nSPS) is 20.1. The molecule has 2 aliphatic carbocycles. The maximum atomic E-state index is 13.6. The second-order valence-corrected chi connectivity index (χ2v) is 9.00. The minimum atomic E-state index is -0.775. The van der Waals surface area contributed by atoms with Gasteiger partial charge in [0, 0.05) is 12.1 Å². The lowest BCUT2D eigenvalue weighted by atomic mass is 9.92. The van der Waals surface area contributed by atoms with Crippen LogP contribution in [0.3, 0.4) is 0 Å². The fourth-order valence-corrected chi connectivity index (χ4v) is 5.09. The highest BCUT2D eigenvalue weighted by atomic mass is 35.5. The quantitative estimate of drug-likeness (QED) is 0.599. The maximum Gasteiger partial charge on any atom is 0.247 e. The predicted molar refractivity (Wildman–Crippen MR) is 118 cm³/mol. The fraction of sp³-hybridized carbons (Fsp3) is 0.667. The Bertz CT molecular complexity index is 683. The SMILES string of the molecule is O=C(NC1CCCCC1)[C@@H](c1ccc(F)cc1)N(C(=O)CCl)C1CCCCCCC1. The van der Waals surface area contributed by atoms with Crippen molar-refractivity contribution in [1.82, 2.24) is 10.2 Å². The van der Waals surface area contributed by atoms with E-state index in [1.54, 1.807) is 17.0 Å². The number of carbonyl (C=O) groups excluding carboxylic acids is 2. The van der Waals surface area contributed by atoms with E-state index in [0.717, 1.165) is 64.2 Å². The molecule has 2 fully saturated rings. The molecule has 0 saturated heterocycles. The molecule has 2 aliphatic rings. The second-order valence-electron chi connectivity index (χ2n) is 8.73. The molecule has 1 atom stereocenters. The Hall–Kier alpha value is -1.62. The number of benzene rings is 1. The first-order chi connectivity index (χ1) is 14.6. The number of rotatable bonds is 6. The summed E-state index contributed by atoms with van der Waals surface area (Å²) >= 11 is 6.01. The van der Waals surface area contributed by atoms with Gasteiger partial charge in [0.25, 0.3) is 0 Å². The summed E-state index contributed by atoms with van der Waals surface area (Å²) in [7, 11) is 0. The molecule has 0 unspecified atom stereocenters. The maximum absolute atomic E-state index is 13.6. The molecule has 6 heteroatoms. The molecule has 0 aliphatic heterocycles. The number of nitrogens with one attached hydrogen (secondary N) is 1. The van der Waals surface area contributed by atoms with Crippen molar-refractivity contribution >= 4 is 23.4 Å². The molecule has 0 aromatic heterocycles. The monoisotopic (exact) mass is 436 g/mol. The van der Waals surface area contributed by atoms with E-state index in [9.17, 15) is 14.0 Å². The average Bonchev–Trinajstić information content (AvgIpc) is 2.73. The zero-order chi connectivity index (χ0) is 21.3. The summed E-state index contributed by atoms with van der Waals surface area (Å²) in [5, 5.41) is 3.19. The Morgan fingerprint density at radius 1 is 0.933 bits per heavy atom. The van der Waals surface area contributed by atoms with E-state index in [-0.39, 0.29) is 35.6 Å². The summed E-state index contributed by atoms with van der Waals surface area (Å²) in [6.45, 7) is 0. The van der Waals surface area contributed by atoms with E-state index < -0.39 is 6.04 Å². The van der Waals surface area contributed by atoms with Gasteiger partial charge in [0.1, 0.15) is 17.7 Å². The molecule has 4 nitrogen and oxygen atoms in total. The van der Waals surface area contributed by atoms with Crippen molar-refractivity contribution < 1.29 is 14.0 Å². The van der Waals surface area contributed by atoms with E-state index >= 15 is 0 Å². The molecule has 1 N–H and O–H groups in total. The zero-order valence-electron chi connectivity index (χ0n) is 17.8. The summed E-state index contributed by atoms with van der Waals surface area (Å²) < 4.78 is 13.6. The average molecular weight is 437 g/mol. The Balaban J connectivity index is 1.91. The van der Waals surface area contributed by atoms with E-state index in [2.05, 4.69) is 5.32 Å². The lowest BCUT2D eigenvalue weighted by Crippen LogP contribution is -2.51. The number of hydrogen-bond acceptors (Lipinski definition) is 2. The minimum Gasteiger partial charge on any atom is -0.351 e. The molecule has 0 radical (unpaired) electrons. The summed E-state index contributed by atoms with van der Waals surface area (Å²) in [5.41, 5.74) is 0.644. The van der Waals surface area contributed by atoms with Gasteiger partial charge in [0.2, 0.25) is 11.8 Å². The van der Waals surface area contributed by atoms with Crippen molar-refractivity contribution in [3.63, 3.8) is 0 Å². The molecular weight excluding hydrogens is 403 g/mol. The molecule has 30 heavy (non-hydrogen) atoms. The highest BCUT2D eigenvalue weighted by molar-refractivity contribution is 6.27. The molecule has 2 saturated carbocycles. The van der Waals surface area contributed by atoms with Crippen LogP contribution in [0.15, 0.2) is 24.3 Å². The van der Waals surface area contributed by atoms with Crippen LogP contribution in [0.1, 0.15) is 88.7 Å². The summed E-state index contributed by atoms with van der Waals surface area (Å²) in [6, 6.07) is 5.30. The molecule has 166 valence electrons. The van der Waals surface area contributed by atoms with Gasteiger partial charge in [-0.25, -0.2) is 4.39 Å². The molecule has 1 aromatic rings. The lowest BCUT2D eigenvalue weighted by molar-refractivity contribution is -0.142. The lowest BCUT2D eigenvalue weighted by Gasteiger charge is -2.39. The molecule has 0 heterocycles. The van der Waals surface area contributed by atoms with Gasteiger partial charge in [-0.2, -0.15) is 0 Å². The highest BCUT2D eigenvalue weighted by Crippen LogP contribution is 2.31. The topological polar surface area (TPSA) is 49.4 Å². The fourth-order valence-electron chi connectivity index (χ4n) is 4.95. The van der Waals surface area contributed by atoms with Crippen LogP contribution in [0.2, 0.25) is 0 Å². The van der Waals surface area contributed by atoms with Crippen LogP contribution < -0.4 is 5.32 Å². The third-order valence-electron chi connectivity index (χ3n) is 6.53. The van der Waals surface area contributed by atoms with Gasteiger partial charge in [-0.1, -0.05) is 63.5 Å². The van der Waals surface area contributed by atoms with Gasteiger partial charge >= 0.3 is 0 Å². The molecule has 3 rings (SSSR count). The first-order valence-electron chi connectivity index (χ1n) is 11.5. The number of amides is 2. The van der Waals surface area contributed by atoms with Gasteiger partial charge in [-0.3, -0.25) is 9.59 Å². The van der Waals surface area contributed by atoms with Gasteiger partial charge < -0.3 is 10.2 Å². The van der Waals surface area contributed by atoms with E-state index in [0.29, 0.717) is 5.56 Å². The van der Waals surface area contributed by atoms with Crippen LogP contribution >= 0.6 is 11.6 Å². The van der Waals surface area contributed by atoms with E-state index in [1.165, 1.54) is 25.0 Å². The Morgan fingerprint density at radius 2 is 1.47 bits per heavy atom. The molecule has 0 spiro atoms. The Labute approximate surface area is 184 Å². The summed E-state index contributed by atoms with van der Waals surface area (Å²) in [5.74, 6) is -0.916. The van der Waals surface area contributed by atoms with Crippen LogP contribution in [0, 0.1) is 5.82 Å². The molecular formula is C24H34ClFN2O2. The van der Waals surface area contributed by atoms with Gasteiger partial charge in [0.15, 0.2) is 0 Å². The van der Waals surface area contributed by atoms with Crippen molar-refractivity contribution in [3.05, 3.63) is 35.6 Å². The predicted octanol–water partition coefficient (Wildman–Crippen LogP) is 5.50. The van der Waals surface area contributed by atoms with Crippen LogP contribution in [0.4, 0.5) is 4.39 Å². The molecule has 2 amide bonds. The van der Waals surface area contributed by atoms with E-state index in [4.69, 9.17) is 11.6 Å². The highest BCUT2D eigenvalue weighted by Gasteiger charge is 2.36. The molecule has 1 aromatic carbocycles. The third kappa shape index (κ3) is 6.19. The van der Waals surface area contributed by atoms with Crippen LogP contribution in [0.25, 0.3) is 0 Å². The minimum absolute atomic E-state index is 0.0243. The largest absolute Gasteiger partial charge is 0.351 e. The summed E-state index contributed by atoms with van der Waals surface area (Å²) in [4.78, 5) is 28.3. The van der Waals surface area contributed by atoms with Crippen molar-refractivity contribution in [2.24, 2.45) is 0 Å². The van der Waals surface area contributed by atoms with Gasteiger partial charge in [-0.15, -0.1) is 11.6 Å². The smallest absolute Gasteiger partial charge is 0.247 e. The number of nitrogens with zero attached hydrogens (tertiary/aromatic N) is 1. The summed E-state index contributed by atoms with van der Waals surface area (Å²) in [6.07, 6.45) is 12.7. The number of halogens is 2. The first-order valence-corrected chi connectivity index (χ1v) is 12.1. The number of hydrogen-bond donors (Lipinski definition) is 1. The Morgan fingerprint density at radius 3 is 2.07 bits per heavy atom. The second kappa shape index (κ2) is 11.7. The first kappa shape index (κ1) is 23.1. The van der Waals surface area contributed by atoms with Gasteiger partial charge in [0.05, 0.1) is 0 Å².